The van der Waals surface area contributed by atoms with E-state index in [0.717, 1.165) is 0 Å². The molecular weight excluding hydrogens is 547 g/mol. The van der Waals surface area contributed by atoms with Gasteiger partial charge in [-0.3, -0.25) is 9.59 Å². The molecule has 2 saturated heterocycles. The monoisotopic (exact) mass is 587 g/mol. The third-order valence-electron chi connectivity index (χ3n) is 7.87. The Balaban J connectivity index is 1.83. The van der Waals surface area contributed by atoms with Gasteiger partial charge in [-0.1, -0.05) is 52.8 Å². The van der Waals surface area contributed by atoms with E-state index in [1.165, 1.54) is 26.0 Å². The van der Waals surface area contributed by atoms with Crippen molar-refractivity contribution in [3.8, 4) is 0 Å². The van der Waals surface area contributed by atoms with Crippen molar-refractivity contribution in [1.82, 2.24) is 0 Å². The van der Waals surface area contributed by atoms with E-state index in [1.54, 1.807) is 25.1 Å². The number of halogens is 3. The van der Waals surface area contributed by atoms with E-state index in [2.05, 4.69) is 4.99 Å². The van der Waals surface area contributed by atoms with Crippen molar-refractivity contribution in [2.24, 2.45) is 28.7 Å². The zero-order valence-corrected chi connectivity index (χ0v) is 24.4. The molecule has 1 aromatic rings. The molecular formula is C29H40F3NO8. The van der Waals surface area contributed by atoms with Crippen LogP contribution in [0.1, 0.15) is 54.9 Å². The molecule has 9 nitrogen and oxygen atoms in total. The quantitative estimate of drug-likeness (QED) is 0.221. The van der Waals surface area contributed by atoms with Crippen molar-refractivity contribution >= 4 is 23.5 Å². The lowest BCUT2D eigenvalue weighted by atomic mass is 9.82. The summed E-state index contributed by atoms with van der Waals surface area (Å²) >= 11 is 0. The van der Waals surface area contributed by atoms with Crippen LogP contribution in [0.5, 0.6) is 0 Å². The van der Waals surface area contributed by atoms with Crippen molar-refractivity contribution in [3.63, 3.8) is 0 Å². The van der Waals surface area contributed by atoms with Gasteiger partial charge < -0.3 is 28.4 Å². The third kappa shape index (κ3) is 8.42. The minimum absolute atomic E-state index is 0.00525. The van der Waals surface area contributed by atoms with Crippen molar-refractivity contribution in [2.45, 2.75) is 98.1 Å². The number of para-hydroxylation sites is 1. The maximum absolute atomic E-state index is 13.9. The van der Waals surface area contributed by atoms with Crippen LogP contribution >= 0.6 is 0 Å². The summed E-state index contributed by atoms with van der Waals surface area (Å²) in [5, 5.41) is 0. The molecule has 0 bridgehead atoms. The number of carbonyl (C=O) groups is 2. The topological polar surface area (TPSA) is 102 Å². The summed E-state index contributed by atoms with van der Waals surface area (Å²) in [4.78, 5) is 27.1. The lowest BCUT2D eigenvalue weighted by Gasteiger charge is -2.48. The maximum atomic E-state index is 13.9. The molecule has 0 amide bonds. The van der Waals surface area contributed by atoms with E-state index in [1.807, 2.05) is 27.7 Å². The van der Waals surface area contributed by atoms with E-state index in [0.29, 0.717) is 6.42 Å². The van der Waals surface area contributed by atoms with E-state index >= 15 is 0 Å². The van der Waals surface area contributed by atoms with Gasteiger partial charge in [0, 0.05) is 25.7 Å². The summed E-state index contributed by atoms with van der Waals surface area (Å²) in [6.45, 7) is 11.8. The number of esters is 2. The molecule has 12 heteroatoms. The standard InChI is InChI=1S/C29H40F3NO8/c1-8-22-24(40-27-25(37-20(7)35)16(3)15(2)23(39-27)14-36-19(6)34)17(4)18(5)26(38-22)41-28(29(30,31)32)33-21-12-10-9-11-13-21/h9-13,15-18,22-27H,8,14H2,1-7H3/t15-,16+,17-,18?,22?,23?,24+,25?,26?,27+/m1/s1. The second-order valence-electron chi connectivity index (χ2n) is 10.8. The van der Waals surface area contributed by atoms with Crippen LogP contribution in [-0.2, 0) is 38.0 Å². The van der Waals surface area contributed by atoms with Crippen molar-refractivity contribution in [2.75, 3.05) is 6.61 Å². The maximum Gasteiger partial charge on any atom is 0.468 e. The molecule has 2 fully saturated rings. The first-order valence-corrected chi connectivity index (χ1v) is 13.9. The summed E-state index contributed by atoms with van der Waals surface area (Å²) in [6, 6.07) is 7.73. The Bertz CT molecular complexity index is 1050. The van der Waals surface area contributed by atoms with Gasteiger partial charge >= 0.3 is 18.1 Å². The molecule has 10 atom stereocenters. The van der Waals surface area contributed by atoms with Gasteiger partial charge in [-0.2, -0.15) is 13.2 Å². The lowest BCUT2D eigenvalue weighted by Crippen LogP contribution is -2.58. The first-order chi connectivity index (χ1) is 19.2. The predicted molar refractivity (Wildman–Crippen MR) is 142 cm³/mol. The van der Waals surface area contributed by atoms with Crippen LogP contribution in [0, 0.1) is 23.7 Å². The number of nitrogens with zero attached hydrogens (tertiary/aromatic N) is 1. The van der Waals surface area contributed by atoms with Gasteiger partial charge in [0.1, 0.15) is 6.61 Å². The van der Waals surface area contributed by atoms with Crippen molar-refractivity contribution in [3.05, 3.63) is 30.3 Å². The summed E-state index contributed by atoms with van der Waals surface area (Å²) in [6.07, 6.45) is -9.30. The highest BCUT2D eigenvalue weighted by Crippen LogP contribution is 2.40. The van der Waals surface area contributed by atoms with Gasteiger partial charge in [0.25, 0.3) is 5.90 Å². The Labute approximate surface area is 238 Å². The molecule has 3 rings (SSSR count). The van der Waals surface area contributed by atoms with E-state index in [-0.39, 0.29) is 30.0 Å². The first-order valence-electron chi connectivity index (χ1n) is 13.9. The molecule has 230 valence electrons. The Morgan fingerprint density at radius 2 is 1.44 bits per heavy atom. The van der Waals surface area contributed by atoms with Crippen LogP contribution in [0.3, 0.4) is 0 Å². The van der Waals surface area contributed by atoms with Gasteiger partial charge in [0.05, 0.1) is 24.0 Å². The molecule has 2 aliphatic rings. The minimum Gasteiger partial charge on any atom is -0.463 e. The second-order valence-corrected chi connectivity index (χ2v) is 10.8. The number of benzene rings is 1. The largest absolute Gasteiger partial charge is 0.468 e. The Morgan fingerprint density at radius 1 is 0.829 bits per heavy atom. The fourth-order valence-electron chi connectivity index (χ4n) is 5.09. The smallest absolute Gasteiger partial charge is 0.463 e. The van der Waals surface area contributed by atoms with Crippen LogP contribution in [-0.4, -0.2) is 67.6 Å². The Hall–Kier alpha value is -2.70. The highest BCUT2D eigenvalue weighted by Gasteiger charge is 2.51. The number of carbonyl (C=O) groups excluding carboxylic acids is 2. The number of ether oxygens (including phenoxy) is 6. The number of alkyl halides is 3. The van der Waals surface area contributed by atoms with Crippen LogP contribution in [0.15, 0.2) is 35.3 Å². The number of aliphatic imine (C=N–C) groups is 1. The first kappa shape index (κ1) is 32.8. The third-order valence-corrected chi connectivity index (χ3v) is 7.87. The fraction of sp³-hybridized carbons (Fsp3) is 0.690. The van der Waals surface area contributed by atoms with E-state index in [9.17, 15) is 22.8 Å². The molecule has 5 unspecified atom stereocenters. The van der Waals surface area contributed by atoms with Gasteiger partial charge in [0.2, 0.25) is 6.29 Å². The average molecular weight is 588 g/mol. The molecule has 0 radical (unpaired) electrons. The van der Waals surface area contributed by atoms with E-state index < -0.39 is 66.9 Å². The molecule has 1 aromatic carbocycles. The molecule has 2 heterocycles. The Morgan fingerprint density at radius 3 is 2.00 bits per heavy atom. The highest BCUT2D eigenvalue weighted by atomic mass is 19.4. The Kier molecular flexibility index (Phi) is 11.2. The SMILES string of the molecule is CCC1OC(OC(=Nc2ccccc2)C(F)(F)F)C(C)[C@@H](C)[C@@H]1O[C@@H]1OC(COC(C)=O)[C@H](C)[C@H](C)C1OC(C)=O. The molecule has 0 saturated carbocycles. The lowest BCUT2D eigenvalue weighted by molar-refractivity contribution is -0.330. The fourth-order valence-corrected chi connectivity index (χ4v) is 5.09. The van der Waals surface area contributed by atoms with Gasteiger partial charge in [-0.05, 0) is 30.4 Å². The van der Waals surface area contributed by atoms with Crippen LogP contribution in [0.2, 0.25) is 0 Å². The highest BCUT2D eigenvalue weighted by molar-refractivity contribution is 5.84. The molecule has 0 N–H and O–H groups in total. The molecule has 2 aliphatic heterocycles. The summed E-state index contributed by atoms with van der Waals surface area (Å²) in [7, 11) is 0. The van der Waals surface area contributed by atoms with Crippen molar-refractivity contribution < 1.29 is 51.2 Å². The molecule has 0 aromatic heterocycles. The van der Waals surface area contributed by atoms with Crippen LogP contribution < -0.4 is 0 Å². The zero-order valence-electron chi connectivity index (χ0n) is 24.4. The second kappa shape index (κ2) is 14.0. The minimum atomic E-state index is -4.84. The van der Waals surface area contributed by atoms with Crippen LogP contribution in [0.4, 0.5) is 18.9 Å². The summed E-state index contributed by atoms with van der Waals surface area (Å²) < 4.78 is 76.5. The number of hydrogen-bond acceptors (Lipinski definition) is 9. The van der Waals surface area contributed by atoms with Crippen LogP contribution in [0.25, 0.3) is 0 Å². The normalized spacial score (nSPS) is 34.5. The van der Waals surface area contributed by atoms with Gasteiger partial charge in [0.15, 0.2) is 12.4 Å². The number of hydrogen-bond donors (Lipinski definition) is 0. The summed E-state index contributed by atoms with van der Waals surface area (Å²) in [5.41, 5.74) is 0.0993. The van der Waals surface area contributed by atoms with Crippen molar-refractivity contribution in [1.29, 1.82) is 0 Å². The molecule has 41 heavy (non-hydrogen) atoms. The summed E-state index contributed by atoms with van der Waals surface area (Å²) in [5.74, 6) is -3.62. The average Bonchev–Trinajstić information content (AvgIpc) is 2.90. The number of rotatable bonds is 8. The van der Waals surface area contributed by atoms with E-state index in [4.69, 9.17) is 28.4 Å². The molecule has 0 spiro atoms. The van der Waals surface area contributed by atoms with Gasteiger partial charge in [-0.15, -0.1) is 0 Å². The van der Waals surface area contributed by atoms with Gasteiger partial charge in [-0.25, -0.2) is 4.99 Å². The molecule has 0 aliphatic carbocycles. The predicted octanol–water partition coefficient (Wildman–Crippen LogP) is 5.58. The zero-order chi connectivity index (χ0) is 30.5.